The van der Waals surface area contributed by atoms with E-state index in [2.05, 4.69) is 15.2 Å². The average molecular weight is 434 g/mol. The van der Waals surface area contributed by atoms with Gasteiger partial charge in [-0.2, -0.15) is 0 Å². The Bertz CT molecular complexity index is 1040. The number of rotatable bonds is 7. The summed E-state index contributed by atoms with van der Waals surface area (Å²) in [6.07, 6.45) is 4.36. The lowest BCUT2D eigenvalue weighted by Crippen LogP contribution is -2.46. The second-order valence-corrected chi connectivity index (χ2v) is 7.77. The smallest absolute Gasteiger partial charge is 0.241 e. The van der Waals surface area contributed by atoms with Crippen LogP contribution in [0, 0.1) is 0 Å². The molecule has 1 aliphatic heterocycles. The SMILES string of the molecule is COc1ccc(O)c(CN2CCCCC2C(=O)Nc2ccc(Oc3ccccc3)nc2)c1. The van der Waals surface area contributed by atoms with E-state index in [1.807, 2.05) is 36.4 Å². The van der Waals surface area contributed by atoms with Crippen LogP contribution in [0.2, 0.25) is 0 Å². The number of benzene rings is 2. The van der Waals surface area contributed by atoms with E-state index in [4.69, 9.17) is 9.47 Å². The first kappa shape index (κ1) is 21.6. The van der Waals surface area contributed by atoms with Gasteiger partial charge in [0.05, 0.1) is 25.0 Å². The van der Waals surface area contributed by atoms with Gasteiger partial charge in [-0.05, 0) is 55.8 Å². The monoisotopic (exact) mass is 433 g/mol. The zero-order valence-corrected chi connectivity index (χ0v) is 18.0. The van der Waals surface area contributed by atoms with E-state index >= 15 is 0 Å². The van der Waals surface area contributed by atoms with Crippen molar-refractivity contribution < 1.29 is 19.4 Å². The quantitative estimate of drug-likeness (QED) is 0.567. The summed E-state index contributed by atoms with van der Waals surface area (Å²) in [6, 6.07) is 17.8. The van der Waals surface area contributed by atoms with Crippen LogP contribution in [-0.4, -0.2) is 40.6 Å². The van der Waals surface area contributed by atoms with Gasteiger partial charge in [0, 0.05) is 18.2 Å². The summed E-state index contributed by atoms with van der Waals surface area (Å²) in [5.74, 6) is 1.97. The fourth-order valence-electron chi connectivity index (χ4n) is 3.86. The van der Waals surface area contributed by atoms with Crippen molar-refractivity contribution in [1.29, 1.82) is 0 Å². The third-order valence-electron chi connectivity index (χ3n) is 5.55. The maximum absolute atomic E-state index is 13.1. The standard InChI is InChI=1S/C25H27N3O4/c1-31-21-11-12-23(29)18(15-21)17-28-14-6-5-9-22(28)25(30)27-19-10-13-24(26-16-19)32-20-7-3-2-4-8-20/h2-4,7-8,10-13,15-16,22,29H,5-6,9,14,17H2,1H3,(H,27,30). The zero-order valence-electron chi connectivity index (χ0n) is 18.0. The number of nitrogens with one attached hydrogen (secondary N) is 1. The molecular formula is C25H27N3O4. The number of carbonyl (C=O) groups excluding carboxylic acids is 1. The molecule has 1 atom stereocenters. The first-order valence-corrected chi connectivity index (χ1v) is 10.7. The van der Waals surface area contributed by atoms with E-state index in [0.717, 1.165) is 31.4 Å². The van der Waals surface area contributed by atoms with Crippen LogP contribution in [0.5, 0.6) is 23.1 Å². The van der Waals surface area contributed by atoms with Gasteiger partial charge >= 0.3 is 0 Å². The molecule has 1 saturated heterocycles. The first-order valence-electron chi connectivity index (χ1n) is 10.7. The number of amides is 1. The van der Waals surface area contributed by atoms with Gasteiger partial charge in [0.25, 0.3) is 0 Å². The highest BCUT2D eigenvalue weighted by Crippen LogP contribution is 2.28. The average Bonchev–Trinajstić information content (AvgIpc) is 2.83. The van der Waals surface area contributed by atoms with Crippen LogP contribution >= 0.6 is 0 Å². The number of anilines is 1. The number of para-hydroxylation sites is 1. The Kier molecular flexibility index (Phi) is 6.87. The van der Waals surface area contributed by atoms with Gasteiger partial charge in [-0.15, -0.1) is 0 Å². The van der Waals surface area contributed by atoms with Crippen molar-refractivity contribution in [2.45, 2.75) is 31.8 Å². The number of phenolic OH excluding ortho intramolecular Hbond substituents is 1. The number of nitrogens with zero attached hydrogens (tertiary/aromatic N) is 2. The van der Waals surface area contributed by atoms with Crippen LogP contribution in [0.4, 0.5) is 5.69 Å². The fraction of sp³-hybridized carbons (Fsp3) is 0.280. The molecule has 3 aromatic rings. The molecule has 4 rings (SSSR count). The Labute approximate surface area is 187 Å². The first-order chi connectivity index (χ1) is 15.6. The highest BCUT2D eigenvalue weighted by Gasteiger charge is 2.29. The number of methoxy groups -OCH3 is 1. The molecule has 7 nitrogen and oxygen atoms in total. The van der Waals surface area contributed by atoms with Gasteiger partial charge in [0.2, 0.25) is 11.8 Å². The third-order valence-corrected chi connectivity index (χ3v) is 5.55. The lowest BCUT2D eigenvalue weighted by atomic mass is 10.00. The molecular weight excluding hydrogens is 406 g/mol. The van der Waals surface area contributed by atoms with Gasteiger partial charge in [-0.25, -0.2) is 4.98 Å². The lowest BCUT2D eigenvalue weighted by Gasteiger charge is -2.34. The Morgan fingerprint density at radius 3 is 2.72 bits per heavy atom. The molecule has 0 spiro atoms. The van der Waals surface area contributed by atoms with Gasteiger partial charge in [0.15, 0.2) is 0 Å². The maximum atomic E-state index is 13.1. The van der Waals surface area contributed by atoms with E-state index in [1.165, 1.54) is 0 Å². The normalized spacial score (nSPS) is 16.3. The number of pyridine rings is 1. The minimum atomic E-state index is -0.283. The van der Waals surface area contributed by atoms with Crippen LogP contribution in [0.3, 0.4) is 0 Å². The van der Waals surface area contributed by atoms with E-state index in [1.54, 1.807) is 37.6 Å². The second-order valence-electron chi connectivity index (χ2n) is 7.77. The van der Waals surface area contributed by atoms with Crippen molar-refractivity contribution in [2.75, 3.05) is 19.0 Å². The molecule has 1 amide bonds. The van der Waals surface area contributed by atoms with Crippen molar-refractivity contribution in [1.82, 2.24) is 9.88 Å². The number of aromatic hydroxyl groups is 1. The predicted molar refractivity (Wildman–Crippen MR) is 122 cm³/mol. The summed E-state index contributed by atoms with van der Waals surface area (Å²) in [4.78, 5) is 19.5. The highest BCUT2D eigenvalue weighted by atomic mass is 16.5. The van der Waals surface area contributed by atoms with Crippen molar-refractivity contribution in [3.63, 3.8) is 0 Å². The molecule has 2 heterocycles. The topological polar surface area (TPSA) is 83.9 Å². The number of phenols is 1. The lowest BCUT2D eigenvalue weighted by molar-refractivity contribution is -0.122. The summed E-state index contributed by atoms with van der Waals surface area (Å²) in [6.45, 7) is 1.26. The molecule has 2 aromatic carbocycles. The van der Waals surface area contributed by atoms with E-state index < -0.39 is 0 Å². The summed E-state index contributed by atoms with van der Waals surface area (Å²) in [5.41, 5.74) is 1.36. The molecule has 0 radical (unpaired) electrons. The number of aromatic nitrogens is 1. The Balaban J connectivity index is 1.41. The Morgan fingerprint density at radius 2 is 1.97 bits per heavy atom. The summed E-state index contributed by atoms with van der Waals surface area (Å²) in [5, 5.41) is 13.2. The summed E-state index contributed by atoms with van der Waals surface area (Å²) in [7, 11) is 1.59. The van der Waals surface area contributed by atoms with Crippen LogP contribution in [0.1, 0.15) is 24.8 Å². The Hall–Kier alpha value is -3.58. The van der Waals surface area contributed by atoms with Crippen molar-refractivity contribution in [3.8, 4) is 23.1 Å². The number of hydrogen-bond acceptors (Lipinski definition) is 6. The van der Waals surface area contributed by atoms with Crippen LogP contribution < -0.4 is 14.8 Å². The molecule has 2 N–H and O–H groups in total. The van der Waals surface area contributed by atoms with E-state index in [-0.39, 0.29) is 17.7 Å². The van der Waals surface area contributed by atoms with Gasteiger partial charge in [0.1, 0.15) is 17.2 Å². The number of ether oxygens (including phenoxy) is 2. The molecule has 0 saturated carbocycles. The van der Waals surface area contributed by atoms with Crippen LogP contribution in [0.15, 0.2) is 66.9 Å². The molecule has 1 aromatic heterocycles. The van der Waals surface area contributed by atoms with Crippen molar-refractivity contribution in [3.05, 3.63) is 72.4 Å². The van der Waals surface area contributed by atoms with Crippen LogP contribution in [0.25, 0.3) is 0 Å². The molecule has 1 fully saturated rings. The number of likely N-dealkylation sites (tertiary alicyclic amines) is 1. The molecule has 0 aliphatic carbocycles. The molecule has 1 aliphatic rings. The van der Waals surface area contributed by atoms with Crippen LogP contribution in [-0.2, 0) is 11.3 Å². The minimum Gasteiger partial charge on any atom is -0.508 e. The molecule has 7 heteroatoms. The third kappa shape index (κ3) is 5.36. The van der Waals surface area contributed by atoms with Crippen molar-refractivity contribution in [2.24, 2.45) is 0 Å². The number of hydrogen-bond donors (Lipinski definition) is 2. The number of carbonyl (C=O) groups is 1. The second kappa shape index (κ2) is 10.2. The number of piperidine rings is 1. The molecule has 166 valence electrons. The fourth-order valence-corrected chi connectivity index (χ4v) is 3.86. The summed E-state index contributed by atoms with van der Waals surface area (Å²) < 4.78 is 11.0. The van der Waals surface area contributed by atoms with Gasteiger partial charge < -0.3 is 19.9 Å². The highest BCUT2D eigenvalue weighted by molar-refractivity contribution is 5.94. The molecule has 32 heavy (non-hydrogen) atoms. The zero-order chi connectivity index (χ0) is 22.3. The Morgan fingerprint density at radius 1 is 1.12 bits per heavy atom. The molecule has 1 unspecified atom stereocenters. The maximum Gasteiger partial charge on any atom is 0.241 e. The van der Waals surface area contributed by atoms with E-state index in [0.29, 0.717) is 29.6 Å². The van der Waals surface area contributed by atoms with Crippen molar-refractivity contribution >= 4 is 11.6 Å². The van der Waals surface area contributed by atoms with Gasteiger partial charge in [-0.1, -0.05) is 24.6 Å². The predicted octanol–water partition coefficient (Wildman–Crippen LogP) is 4.58. The summed E-state index contributed by atoms with van der Waals surface area (Å²) >= 11 is 0. The molecule has 0 bridgehead atoms. The minimum absolute atomic E-state index is 0.0781. The largest absolute Gasteiger partial charge is 0.508 e. The van der Waals surface area contributed by atoms with Gasteiger partial charge in [-0.3, -0.25) is 9.69 Å². The van der Waals surface area contributed by atoms with E-state index in [9.17, 15) is 9.90 Å².